The first kappa shape index (κ1) is 12.9. The van der Waals surface area contributed by atoms with E-state index < -0.39 is 0 Å². The standard InChI is InChI=1S/C16H14FN3O2/c17-11-3-1-2-10(6-11)9-20-13-8-15-14(21-4-5-22-15)7-12(13)19-16(20)18/h1-3,6-8H,4-5,9H2,(H2,18,19). The molecule has 0 aliphatic carbocycles. The van der Waals surface area contributed by atoms with Gasteiger partial charge >= 0.3 is 0 Å². The molecule has 3 aromatic rings. The lowest BCUT2D eigenvalue weighted by Gasteiger charge is -2.18. The Bertz CT molecular complexity index is 860. The first-order valence-electron chi connectivity index (χ1n) is 7.00. The summed E-state index contributed by atoms with van der Waals surface area (Å²) < 4.78 is 26.3. The third-order valence-electron chi connectivity index (χ3n) is 3.67. The van der Waals surface area contributed by atoms with Crippen LogP contribution in [0.2, 0.25) is 0 Å². The fraction of sp³-hybridized carbons (Fsp3) is 0.188. The number of nitrogen functional groups attached to an aromatic ring is 1. The third kappa shape index (κ3) is 2.13. The summed E-state index contributed by atoms with van der Waals surface area (Å²) in [7, 11) is 0. The van der Waals surface area contributed by atoms with Crippen LogP contribution in [-0.4, -0.2) is 22.8 Å². The summed E-state index contributed by atoms with van der Waals surface area (Å²) in [4.78, 5) is 4.35. The van der Waals surface area contributed by atoms with Crippen LogP contribution in [0.4, 0.5) is 10.3 Å². The van der Waals surface area contributed by atoms with Crippen molar-refractivity contribution in [2.75, 3.05) is 18.9 Å². The Kier molecular flexibility index (Phi) is 2.89. The minimum absolute atomic E-state index is 0.269. The molecule has 112 valence electrons. The molecular formula is C16H14FN3O2. The maximum Gasteiger partial charge on any atom is 0.201 e. The topological polar surface area (TPSA) is 62.3 Å². The lowest BCUT2D eigenvalue weighted by molar-refractivity contribution is 0.172. The highest BCUT2D eigenvalue weighted by atomic mass is 19.1. The largest absolute Gasteiger partial charge is 0.486 e. The number of hydrogen-bond donors (Lipinski definition) is 1. The number of hydrogen-bond acceptors (Lipinski definition) is 4. The van der Waals surface area contributed by atoms with E-state index in [9.17, 15) is 4.39 Å². The van der Waals surface area contributed by atoms with Gasteiger partial charge in [0.15, 0.2) is 11.5 Å². The van der Waals surface area contributed by atoms with Crippen molar-refractivity contribution in [3.8, 4) is 11.5 Å². The first-order valence-corrected chi connectivity index (χ1v) is 7.00. The second kappa shape index (κ2) is 4.91. The van der Waals surface area contributed by atoms with E-state index in [-0.39, 0.29) is 5.82 Å². The molecule has 0 spiro atoms. The summed E-state index contributed by atoms with van der Waals surface area (Å²) in [6.07, 6.45) is 0. The van der Waals surface area contributed by atoms with Gasteiger partial charge in [-0.15, -0.1) is 0 Å². The molecule has 0 fully saturated rings. The first-order chi connectivity index (χ1) is 10.7. The van der Waals surface area contributed by atoms with Gasteiger partial charge in [0, 0.05) is 12.1 Å². The number of aromatic nitrogens is 2. The molecule has 2 N–H and O–H groups in total. The average Bonchev–Trinajstić information content (AvgIpc) is 2.80. The quantitative estimate of drug-likeness (QED) is 0.790. The van der Waals surface area contributed by atoms with Crippen molar-refractivity contribution >= 4 is 17.0 Å². The van der Waals surface area contributed by atoms with Crippen LogP contribution in [0.3, 0.4) is 0 Å². The van der Waals surface area contributed by atoms with Gasteiger partial charge in [-0.2, -0.15) is 0 Å². The number of anilines is 1. The lowest BCUT2D eigenvalue weighted by Crippen LogP contribution is -2.15. The molecule has 0 atom stereocenters. The monoisotopic (exact) mass is 299 g/mol. The van der Waals surface area contributed by atoms with E-state index in [0.717, 1.165) is 16.6 Å². The molecule has 0 radical (unpaired) electrons. The molecule has 0 bridgehead atoms. The van der Waals surface area contributed by atoms with Gasteiger partial charge in [0.2, 0.25) is 5.95 Å². The zero-order valence-electron chi connectivity index (χ0n) is 11.8. The number of ether oxygens (including phenoxy) is 2. The summed E-state index contributed by atoms with van der Waals surface area (Å²) in [5.74, 6) is 1.46. The summed E-state index contributed by atoms with van der Waals surface area (Å²) >= 11 is 0. The van der Waals surface area contributed by atoms with E-state index >= 15 is 0 Å². The van der Waals surface area contributed by atoms with Crippen LogP contribution >= 0.6 is 0 Å². The van der Waals surface area contributed by atoms with Gasteiger partial charge in [-0.3, -0.25) is 0 Å². The number of benzene rings is 2. The maximum absolute atomic E-state index is 13.3. The van der Waals surface area contributed by atoms with E-state index in [4.69, 9.17) is 15.2 Å². The Morgan fingerprint density at radius 2 is 1.91 bits per heavy atom. The third-order valence-corrected chi connectivity index (χ3v) is 3.67. The normalized spacial score (nSPS) is 13.5. The molecular weight excluding hydrogens is 285 g/mol. The molecule has 0 unspecified atom stereocenters. The minimum Gasteiger partial charge on any atom is -0.486 e. The van der Waals surface area contributed by atoms with Crippen molar-refractivity contribution < 1.29 is 13.9 Å². The molecule has 1 aliphatic heterocycles. The Hall–Kier alpha value is -2.76. The average molecular weight is 299 g/mol. The van der Waals surface area contributed by atoms with Gasteiger partial charge < -0.3 is 19.8 Å². The van der Waals surface area contributed by atoms with E-state index in [1.807, 2.05) is 22.8 Å². The second-order valence-electron chi connectivity index (χ2n) is 5.17. The number of imidazole rings is 1. The molecule has 4 rings (SSSR count). The van der Waals surface area contributed by atoms with E-state index in [2.05, 4.69) is 4.98 Å². The number of fused-ring (bicyclic) bond motifs is 2. The lowest BCUT2D eigenvalue weighted by atomic mass is 10.2. The molecule has 22 heavy (non-hydrogen) atoms. The molecule has 6 heteroatoms. The van der Waals surface area contributed by atoms with Crippen LogP contribution in [0.1, 0.15) is 5.56 Å². The van der Waals surface area contributed by atoms with Gasteiger partial charge in [0.25, 0.3) is 0 Å². The smallest absolute Gasteiger partial charge is 0.201 e. The highest BCUT2D eigenvalue weighted by molar-refractivity contribution is 5.82. The van der Waals surface area contributed by atoms with Crippen LogP contribution in [0.25, 0.3) is 11.0 Å². The van der Waals surface area contributed by atoms with Crippen molar-refractivity contribution in [2.24, 2.45) is 0 Å². The molecule has 0 saturated carbocycles. The van der Waals surface area contributed by atoms with Gasteiger partial charge in [-0.05, 0) is 17.7 Å². The van der Waals surface area contributed by atoms with Crippen molar-refractivity contribution in [3.63, 3.8) is 0 Å². The van der Waals surface area contributed by atoms with Crippen LogP contribution in [0, 0.1) is 5.82 Å². The predicted molar refractivity (Wildman–Crippen MR) is 80.6 cm³/mol. The minimum atomic E-state index is -0.269. The highest BCUT2D eigenvalue weighted by Gasteiger charge is 2.17. The Labute approximate surface area is 126 Å². The van der Waals surface area contributed by atoms with E-state index in [0.29, 0.717) is 37.2 Å². The number of nitrogens with zero attached hydrogens (tertiary/aromatic N) is 2. The molecule has 2 aromatic carbocycles. The molecule has 2 heterocycles. The maximum atomic E-state index is 13.3. The fourth-order valence-corrected chi connectivity index (χ4v) is 2.66. The predicted octanol–water partition coefficient (Wildman–Crippen LogP) is 2.58. The SMILES string of the molecule is Nc1nc2cc3c(cc2n1Cc1cccc(F)c1)OCCO3. The zero-order valence-corrected chi connectivity index (χ0v) is 11.8. The summed E-state index contributed by atoms with van der Waals surface area (Å²) in [6.45, 7) is 1.49. The van der Waals surface area contributed by atoms with Gasteiger partial charge in [0.1, 0.15) is 19.0 Å². The fourth-order valence-electron chi connectivity index (χ4n) is 2.66. The molecule has 1 aliphatic rings. The van der Waals surface area contributed by atoms with Crippen LogP contribution in [0.5, 0.6) is 11.5 Å². The molecule has 1 aromatic heterocycles. The van der Waals surface area contributed by atoms with Crippen LogP contribution < -0.4 is 15.2 Å². The zero-order chi connectivity index (χ0) is 15.1. The molecule has 0 amide bonds. The van der Waals surface area contributed by atoms with E-state index in [1.54, 1.807) is 6.07 Å². The van der Waals surface area contributed by atoms with Crippen molar-refractivity contribution in [2.45, 2.75) is 6.54 Å². The summed E-state index contributed by atoms with van der Waals surface area (Å²) in [5, 5.41) is 0. The Morgan fingerprint density at radius 3 is 2.68 bits per heavy atom. The second-order valence-corrected chi connectivity index (χ2v) is 5.17. The molecule has 5 nitrogen and oxygen atoms in total. The van der Waals surface area contributed by atoms with Gasteiger partial charge in [0.05, 0.1) is 17.6 Å². The van der Waals surface area contributed by atoms with Gasteiger partial charge in [-0.25, -0.2) is 9.37 Å². The van der Waals surface area contributed by atoms with Crippen molar-refractivity contribution in [1.82, 2.24) is 9.55 Å². The summed E-state index contributed by atoms with van der Waals surface area (Å²) in [6, 6.07) is 10.1. The van der Waals surface area contributed by atoms with Crippen molar-refractivity contribution in [3.05, 3.63) is 47.8 Å². The number of nitrogens with two attached hydrogens (primary N) is 1. The summed E-state index contributed by atoms with van der Waals surface area (Å²) in [5.41, 5.74) is 8.41. The Morgan fingerprint density at radius 1 is 1.14 bits per heavy atom. The number of halogens is 1. The van der Waals surface area contributed by atoms with Crippen LogP contribution in [0.15, 0.2) is 36.4 Å². The molecule has 0 saturated heterocycles. The number of rotatable bonds is 2. The van der Waals surface area contributed by atoms with Crippen molar-refractivity contribution in [1.29, 1.82) is 0 Å². The van der Waals surface area contributed by atoms with Crippen LogP contribution in [-0.2, 0) is 6.54 Å². The highest BCUT2D eigenvalue weighted by Crippen LogP contribution is 2.35. The Balaban J connectivity index is 1.81. The van der Waals surface area contributed by atoms with Gasteiger partial charge in [-0.1, -0.05) is 12.1 Å². The van der Waals surface area contributed by atoms with E-state index in [1.165, 1.54) is 12.1 Å².